The maximum atomic E-state index is 10.2. The lowest BCUT2D eigenvalue weighted by Crippen LogP contribution is -2.46. The van der Waals surface area contributed by atoms with Crippen LogP contribution in [0.25, 0.3) is 0 Å². The summed E-state index contributed by atoms with van der Waals surface area (Å²) < 4.78 is 0. The molecule has 3 rings (SSSR count). The Morgan fingerprint density at radius 1 is 0.944 bits per heavy atom. The molecule has 1 fully saturated rings. The zero-order valence-electron chi connectivity index (χ0n) is 11.0. The van der Waals surface area contributed by atoms with E-state index in [0.717, 1.165) is 32.4 Å². The minimum absolute atomic E-state index is 0.0973. The average molecular weight is 245 g/mol. The van der Waals surface area contributed by atoms with Crippen LogP contribution in [0, 0.1) is 0 Å². The van der Waals surface area contributed by atoms with Gasteiger partial charge in [-0.3, -0.25) is 4.90 Å². The Morgan fingerprint density at radius 3 is 2.17 bits per heavy atom. The van der Waals surface area contributed by atoms with Gasteiger partial charge in [-0.2, -0.15) is 0 Å². The van der Waals surface area contributed by atoms with Crippen LogP contribution in [0.15, 0.2) is 24.3 Å². The second-order valence-corrected chi connectivity index (χ2v) is 5.72. The van der Waals surface area contributed by atoms with Crippen molar-refractivity contribution >= 4 is 0 Å². The first-order valence-corrected chi connectivity index (χ1v) is 7.33. The third-order valence-electron chi connectivity index (χ3n) is 4.62. The summed E-state index contributed by atoms with van der Waals surface area (Å²) >= 11 is 0. The molecule has 1 aliphatic carbocycles. The highest BCUT2D eigenvalue weighted by molar-refractivity contribution is 5.28. The molecule has 1 aliphatic heterocycles. The van der Waals surface area contributed by atoms with Gasteiger partial charge in [-0.1, -0.05) is 37.1 Å². The van der Waals surface area contributed by atoms with Crippen molar-refractivity contribution in [1.82, 2.24) is 4.90 Å². The molecule has 1 saturated carbocycles. The Bertz CT molecular complexity index is 377. The summed E-state index contributed by atoms with van der Waals surface area (Å²) in [6.07, 6.45) is 6.83. The first-order valence-electron chi connectivity index (χ1n) is 7.33. The Hall–Kier alpha value is -0.860. The number of hydrogen-bond acceptors (Lipinski definition) is 2. The molecular weight excluding hydrogens is 222 g/mol. The molecule has 0 spiro atoms. The molecule has 1 N–H and O–H groups in total. The summed E-state index contributed by atoms with van der Waals surface area (Å²) in [5, 5.41) is 10.2. The standard InChI is InChI=1S/C16H23NO/c18-16-8-4-3-7-15(16)17-11-9-13-5-1-2-6-14(13)10-12-17/h1-2,5-6,15-16,18H,3-4,7-12H2. The number of hydrogen-bond donors (Lipinski definition) is 1. The van der Waals surface area contributed by atoms with E-state index < -0.39 is 0 Å². The van der Waals surface area contributed by atoms with E-state index in [9.17, 15) is 5.11 Å². The molecule has 2 heteroatoms. The van der Waals surface area contributed by atoms with E-state index in [2.05, 4.69) is 29.2 Å². The number of aliphatic hydroxyl groups is 1. The van der Waals surface area contributed by atoms with Crippen LogP contribution in [0.3, 0.4) is 0 Å². The fourth-order valence-corrected chi connectivity index (χ4v) is 3.53. The van der Waals surface area contributed by atoms with Gasteiger partial charge in [0, 0.05) is 19.1 Å². The SMILES string of the molecule is OC1CCCCC1N1CCc2ccccc2CC1. The number of rotatable bonds is 1. The van der Waals surface area contributed by atoms with Gasteiger partial charge in [0.2, 0.25) is 0 Å². The first kappa shape index (κ1) is 12.2. The average Bonchev–Trinajstić information content (AvgIpc) is 2.62. The molecule has 1 heterocycles. The van der Waals surface area contributed by atoms with E-state index in [4.69, 9.17) is 0 Å². The summed E-state index contributed by atoms with van der Waals surface area (Å²) in [6, 6.07) is 9.22. The Labute approximate surface area is 110 Å². The molecule has 2 nitrogen and oxygen atoms in total. The molecule has 98 valence electrons. The molecule has 1 aromatic carbocycles. The van der Waals surface area contributed by atoms with Crippen molar-refractivity contribution in [2.45, 2.75) is 50.7 Å². The van der Waals surface area contributed by atoms with E-state index in [-0.39, 0.29) is 6.10 Å². The zero-order chi connectivity index (χ0) is 12.4. The lowest BCUT2D eigenvalue weighted by atomic mass is 9.91. The van der Waals surface area contributed by atoms with Crippen molar-refractivity contribution in [3.63, 3.8) is 0 Å². The molecule has 2 atom stereocenters. The molecule has 0 radical (unpaired) electrons. The molecule has 0 aromatic heterocycles. The molecule has 2 aliphatic rings. The monoisotopic (exact) mass is 245 g/mol. The second kappa shape index (κ2) is 5.41. The van der Waals surface area contributed by atoms with Crippen molar-refractivity contribution < 1.29 is 5.11 Å². The van der Waals surface area contributed by atoms with Crippen molar-refractivity contribution in [1.29, 1.82) is 0 Å². The molecule has 0 bridgehead atoms. The topological polar surface area (TPSA) is 23.5 Å². The second-order valence-electron chi connectivity index (χ2n) is 5.72. The van der Waals surface area contributed by atoms with Crippen molar-refractivity contribution in [3.8, 4) is 0 Å². The van der Waals surface area contributed by atoms with Gasteiger partial charge in [0.15, 0.2) is 0 Å². The Kier molecular flexibility index (Phi) is 3.67. The van der Waals surface area contributed by atoms with E-state index in [1.807, 2.05) is 0 Å². The number of aliphatic hydroxyl groups excluding tert-OH is 1. The van der Waals surface area contributed by atoms with Crippen LogP contribution in [0.4, 0.5) is 0 Å². The van der Waals surface area contributed by atoms with Gasteiger partial charge >= 0.3 is 0 Å². The predicted molar refractivity (Wildman–Crippen MR) is 73.7 cm³/mol. The fraction of sp³-hybridized carbons (Fsp3) is 0.625. The highest BCUT2D eigenvalue weighted by atomic mass is 16.3. The van der Waals surface area contributed by atoms with Crippen LogP contribution < -0.4 is 0 Å². The van der Waals surface area contributed by atoms with Crippen molar-refractivity contribution in [2.75, 3.05) is 13.1 Å². The minimum Gasteiger partial charge on any atom is -0.391 e. The van der Waals surface area contributed by atoms with Gasteiger partial charge in [-0.05, 0) is 36.8 Å². The largest absolute Gasteiger partial charge is 0.391 e. The quantitative estimate of drug-likeness (QED) is 0.821. The van der Waals surface area contributed by atoms with Gasteiger partial charge in [0.05, 0.1) is 6.10 Å². The predicted octanol–water partition coefficient (Wildman–Crippen LogP) is 2.39. The maximum absolute atomic E-state index is 10.2. The molecule has 0 saturated heterocycles. The van der Waals surface area contributed by atoms with E-state index in [1.54, 1.807) is 0 Å². The van der Waals surface area contributed by atoms with Gasteiger partial charge in [0.1, 0.15) is 0 Å². The number of fused-ring (bicyclic) bond motifs is 1. The van der Waals surface area contributed by atoms with Crippen LogP contribution in [-0.2, 0) is 12.8 Å². The number of benzene rings is 1. The van der Waals surface area contributed by atoms with E-state index >= 15 is 0 Å². The highest BCUT2D eigenvalue weighted by Crippen LogP contribution is 2.25. The summed E-state index contributed by atoms with van der Waals surface area (Å²) in [5.41, 5.74) is 3.01. The summed E-state index contributed by atoms with van der Waals surface area (Å²) in [6.45, 7) is 2.22. The third kappa shape index (κ3) is 2.45. The summed E-state index contributed by atoms with van der Waals surface area (Å²) in [7, 11) is 0. The third-order valence-corrected chi connectivity index (χ3v) is 4.62. The van der Waals surface area contributed by atoms with Gasteiger partial charge in [-0.15, -0.1) is 0 Å². The lowest BCUT2D eigenvalue weighted by Gasteiger charge is -2.37. The van der Waals surface area contributed by atoms with Gasteiger partial charge < -0.3 is 5.11 Å². The fourth-order valence-electron chi connectivity index (χ4n) is 3.53. The minimum atomic E-state index is -0.0973. The van der Waals surface area contributed by atoms with Crippen LogP contribution >= 0.6 is 0 Å². The van der Waals surface area contributed by atoms with Crippen molar-refractivity contribution in [3.05, 3.63) is 35.4 Å². The van der Waals surface area contributed by atoms with E-state index in [0.29, 0.717) is 6.04 Å². The van der Waals surface area contributed by atoms with Crippen LogP contribution in [-0.4, -0.2) is 35.2 Å². The Morgan fingerprint density at radius 2 is 1.56 bits per heavy atom. The van der Waals surface area contributed by atoms with Crippen LogP contribution in [0.2, 0.25) is 0 Å². The van der Waals surface area contributed by atoms with E-state index in [1.165, 1.54) is 30.4 Å². The molecular formula is C16H23NO. The smallest absolute Gasteiger partial charge is 0.0695 e. The lowest BCUT2D eigenvalue weighted by molar-refractivity contribution is 0.0217. The maximum Gasteiger partial charge on any atom is 0.0695 e. The molecule has 0 amide bonds. The first-order chi connectivity index (χ1) is 8.84. The van der Waals surface area contributed by atoms with Gasteiger partial charge in [-0.25, -0.2) is 0 Å². The van der Waals surface area contributed by atoms with Crippen LogP contribution in [0.1, 0.15) is 36.8 Å². The normalized spacial score (nSPS) is 29.6. The number of nitrogens with zero attached hydrogens (tertiary/aromatic N) is 1. The highest BCUT2D eigenvalue weighted by Gasteiger charge is 2.29. The molecule has 18 heavy (non-hydrogen) atoms. The Balaban J connectivity index is 1.70. The van der Waals surface area contributed by atoms with Crippen LogP contribution in [0.5, 0.6) is 0 Å². The molecule has 1 aromatic rings. The molecule has 2 unspecified atom stereocenters. The summed E-state index contributed by atoms with van der Waals surface area (Å²) in [4.78, 5) is 2.53. The summed E-state index contributed by atoms with van der Waals surface area (Å²) in [5.74, 6) is 0. The van der Waals surface area contributed by atoms with Gasteiger partial charge in [0.25, 0.3) is 0 Å². The van der Waals surface area contributed by atoms with Crippen molar-refractivity contribution in [2.24, 2.45) is 0 Å². The zero-order valence-corrected chi connectivity index (χ0v) is 11.0.